The number of hydrogen-bond donors (Lipinski definition) is 1. The van der Waals surface area contributed by atoms with Crippen molar-refractivity contribution in [3.8, 4) is 11.5 Å². The maximum absolute atomic E-state index is 5.96. The molecule has 0 fully saturated rings. The lowest BCUT2D eigenvalue weighted by atomic mass is 10.1. The van der Waals surface area contributed by atoms with E-state index in [0.717, 1.165) is 29.0 Å². The van der Waals surface area contributed by atoms with Crippen LogP contribution in [0.25, 0.3) is 0 Å². The predicted octanol–water partition coefficient (Wildman–Crippen LogP) is 3.28. The number of hydrogen-bond acceptors (Lipinski definition) is 4. The molecule has 0 radical (unpaired) electrons. The number of ether oxygens (including phenoxy) is 3. The molecule has 4 heteroatoms. The predicted molar refractivity (Wildman–Crippen MR) is 81.3 cm³/mol. The van der Waals surface area contributed by atoms with E-state index in [1.54, 1.807) is 0 Å². The van der Waals surface area contributed by atoms with Crippen molar-refractivity contribution in [2.45, 2.75) is 26.6 Å². The Morgan fingerprint density at radius 1 is 1.19 bits per heavy atom. The Labute approximate surface area is 124 Å². The second kappa shape index (κ2) is 6.06. The zero-order chi connectivity index (χ0) is 14.7. The zero-order valence-corrected chi connectivity index (χ0v) is 12.1. The number of benzene rings is 2. The highest BCUT2D eigenvalue weighted by molar-refractivity contribution is 5.53. The topological polar surface area (TPSA) is 53.7 Å². The molecule has 0 spiro atoms. The first-order valence-corrected chi connectivity index (χ1v) is 7.10. The van der Waals surface area contributed by atoms with Crippen LogP contribution < -0.4 is 15.2 Å². The largest absolute Gasteiger partial charge is 0.488 e. The van der Waals surface area contributed by atoms with Crippen molar-refractivity contribution in [2.24, 2.45) is 0 Å². The van der Waals surface area contributed by atoms with E-state index in [1.165, 1.54) is 5.56 Å². The lowest BCUT2D eigenvalue weighted by Crippen LogP contribution is -2.14. The molecular formula is C17H19NO3. The fraction of sp³-hybridized carbons (Fsp3) is 0.294. The molecule has 0 atom stereocenters. The van der Waals surface area contributed by atoms with Gasteiger partial charge in [0.15, 0.2) is 6.79 Å². The van der Waals surface area contributed by atoms with E-state index in [1.807, 2.05) is 30.3 Å². The Kier molecular flexibility index (Phi) is 3.97. The van der Waals surface area contributed by atoms with Crippen molar-refractivity contribution in [1.82, 2.24) is 0 Å². The molecule has 2 aromatic carbocycles. The highest BCUT2D eigenvalue weighted by atomic mass is 16.7. The number of nitrogens with two attached hydrogens (primary N) is 1. The molecular weight excluding hydrogens is 266 g/mol. The molecule has 2 aromatic rings. The molecule has 4 nitrogen and oxygen atoms in total. The first-order chi connectivity index (χ1) is 10.3. The Hall–Kier alpha value is -2.20. The summed E-state index contributed by atoms with van der Waals surface area (Å²) in [4.78, 5) is 0. The zero-order valence-electron chi connectivity index (χ0n) is 12.1. The van der Waals surface area contributed by atoms with Crippen molar-refractivity contribution in [2.75, 3.05) is 12.5 Å². The molecule has 0 bridgehead atoms. The lowest BCUT2D eigenvalue weighted by molar-refractivity contribution is -0.0175. The number of para-hydroxylation sites is 1. The molecule has 0 saturated carbocycles. The van der Waals surface area contributed by atoms with E-state index < -0.39 is 0 Å². The van der Waals surface area contributed by atoms with E-state index in [4.69, 9.17) is 19.9 Å². The summed E-state index contributed by atoms with van der Waals surface area (Å²) in [6.45, 7) is 3.35. The van der Waals surface area contributed by atoms with Gasteiger partial charge in [-0.25, -0.2) is 0 Å². The number of anilines is 1. The van der Waals surface area contributed by atoms with Crippen LogP contribution in [0.2, 0.25) is 0 Å². The molecule has 0 aliphatic carbocycles. The summed E-state index contributed by atoms with van der Waals surface area (Å²) < 4.78 is 16.8. The number of aryl methyl sites for hydroxylation is 1. The van der Waals surface area contributed by atoms with Crippen LogP contribution in [0.15, 0.2) is 36.4 Å². The smallest absolute Gasteiger partial charge is 0.189 e. The van der Waals surface area contributed by atoms with Crippen LogP contribution in [0.4, 0.5) is 5.69 Å². The number of nitrogen functional groups attached to an aromatic ring is 1. The van der Waals surface area contributed by atoms with Gasteiger partial charge in [-0.05, 0) is 30.2 Å². The lowest BCUT2D eigenvalue weighted by Gasteiger charge is -2.21. The van der Waals surface area contributed by atoms with E-state index in [9.17, 15) is 0 Å². The average molecular weight is 285 g/mol. The first-order valence-electron chi connectivity index (χ1n) is 7.10. The second-order valence-electron chi connectivity index (χ2n) is 5.03. The van der Waals surface area contributed by atoms with Crippen LogP contribution in [0.5, 0.6) is 11.5 Å². The molecule has 1 heterocycles. The summed E-state index contributed by atoms with van der Waals surface area (Å²) in [5.74, 6) is 1.74. The van der Waals surface area contributed by atoms with Crippen molar-refractivity contribution < 1.29 is 14.2 Å². The minimum Gasteiger partial charge on any atom is -0.488 e. The minimum absolute atomic E-state index is 0.273. The van der Waals surface area contributed by atoms with Crippen LogP contribution in [0.1, 0.15) is 23.6 Å². The number of rotatable bonds is 4. The van der Waals surface area contributed by atoms with Gasteiger partial charge in [0.05, 0.1) is 6.61 Å². The summed E-state index contributed by atoms with van der Waals surface area (Å²) >= 11 is 0. The van der Waals surface area contributed by atoms with Gasteiger partial charge in [-0.1, -0.05) is 25.1 Å². The highest BCUT2D eigenvalue weighted by Crippen LogP contribution is 2.32. The van der Waals surface area contributed by atoms with Crippen LogP contribution in [-0.2, 0) is 24.4 Å². The van der Waals surface area contributed by atoms with E-state index in [-0.39, 0.29) is 6.79 Å². The van der Waals surface area contributed by atoms with Gasteiger partial charge < -0.3 is 19.9 Å². The molecule has 3 rings (SSSR count). The molecule has 2 N–H and O–H groups in total. The fourth-order valence-electron chi connectivity index (χ4n) is 2.53. The average Bonchev–Trinajstić information content (AvgIpc) is 2.52. The normalized spacial score (nSPS) is 13.4. The Bertz CT molecular complexity index is 640. The van der Waals surface area contributed by atoms with Crippen LogP contribution >= 0.6 is 0 Å². The van der Waals surface area contributed by atoms with Gasteiger partial charge in [0.25, 0.3) is 0 Å². The second-order valence-corrected chi connectivity index (χ2v) is 5.03. The van der Waals surface area contributed by atoms with Crippen LogP contribution in [0, 0.1) is 0 Å². The van der Waals surface area contributed by atoms with Crippen molar-refractivity contribution in [1.29, 1.82) is 0 Å². The van der Waals surface area contributed by atoms with E-state index in [2.05, 4.69) is 13.0 Å². The third kappa shape index (κ3) is 2.95. The third-order valence-corrected chi connectivity index (χ3v) is 3.55. The molecule has 0 aromatic heterocycles. The summed E-state index contributed by atoms with van der Waals surface area (Å²) in [6.07, 6.45) is 0.940. The van der Waals surface area contributed by atoms with E-state index in [0.29, 0.717) is 18.9 Å². The summed E-state index contributed by atoms with van der Waals surface area (Å²) in [7, 11) is 0. The van der Waals surface area contributed by atoms with Gasteiger partial charge in [-0.15, -0.1) is 0 Å². The maximum Gasteiger partial charge on any atom is 0.189 e. The Balaban J connectivity index is 1.83. The van der Waals surface area contributed by atoms with Crippen molar-refractivity contribution in [3.05, 3.63) is 53.1 Å². The molecule has 1 aliphatic heterocycles. The van der Waals surface area contributed by atoms with Gasteiger partial charge in [0.2, 0.25) is 0 Å². The molecule has 21 heavy (non-hydrogen) atoms. The summed E-state index contributed by atoms with van der Waals surface area (Å²) in [6, 6.07) is 11.9. The molecule has 0 unspecified atom stereocenters. The van der Waals surface area contributed by atoms with E-state index >= 15 is 0 Å². The first kappa shape index (κ1) is 13.8. The molecule has 0 amide bonds. The van der Waals surface area contributed by atoms with Gasteiger partial charge >= 0.3 is 0 Å². The Morgan fingerprint density at radius 2 is 2.05 bits per heavy atom. The van der Waals surface area contributed by atoms with Crippen LogP contribution in [0.3, 0.4) is 0 Å². The monoisotopic (exact) mass is 285 g/mol. The summed E-state index contributed by atoms with van der Waals surface area (Å²) in [5, 5.41) is 0. The molecule has 110 valence electrons. The quantitative estimate of drug-likeness (QED) is 0.876. The number of fused-ring (bicyclic) bond motifs is 1. The molecule has 0 saturated heterocycles. The van der Waals surface area contributed by atoms with Crippen molar-refractivity contribution >= 4 is 5.69 Å². The SMILES string of the molecule is CCc1ccccc1OCc1cc(N)cc2c1OCOC2. The highest BCUT2D eigenvalue weighted by Gasteiger charge is 2.16. The maximum atomic E-state index is 5.96. The van der Waals surface area contributed by atoms with Gasteiger partial charge in [0.1, 0.15) is 18.1 Å². The Morgan fingerprint density at radius 3 is 2.90 bits per heavy atom. The van der Waals surface area contributed by atoms with Crippen molar-refractivity contribution in [3.63, 3.8) is 0 Å². The van der Waals surface area contributed by atoms with Gasteiger partial charge in [-0.2, -0.15) is 0 Å². The molecule has 1 aliphatic rings. The van der Waals surface area contributed by atoms with Gasteiger partial charge in [-0.3, -0.25) is 0 Å². The third-order valence-electron chi connectivity index (χ3n) is 3.55. The van der Waals surface area contributed by atoms with Gasteiger partial charge in [0, 0.05) is 16.8 Å². The standard InChI is InChI=1S/C17H19NO3/c1-2-12-5-3-4-6-16(12)20-10-14-8-15(18)7-13-9-19-11-21-17(13)14/h3-8H,2,9-11,18H2,1H3. The van der Waals surface area contributed by atoms with Crippen LogP contribution in [-0.4, -0.2) is 6.79 Å². The minimum atomic E-state index is 0.273. The fourth-order valence-corrected chi connectivity index (χ4v) is 2.53. The summed E-state index contributed by atoms with van der Waals surface area (Å²) in [5.41, 5.74) is 9.77.